The second-order valence-electron chi connectivity index (χ2n) is 3.90. The fourth-order valence-electron chi connectivity index (χ4n) is 0.841. The molecule has 0 aliphatic rings. The van der Waals surface area contributed by atoms with Crippen LogP contribution in [0.25, 0.3) is 0 Å². The Morgan fingerprint density at radius 2 is 1.75 bits per heavy atom. The second kappa shape index (κ2) is 6.48. The SMILES string of the molecule is COC(C)(C)C(=O)OCC[C](C)OC(C)=O. The van der Waals surface area contributed by atoms with Crippen molar-refractivity contribution in [2.75, 3.05) is 13.7 Å². The van der Waals surface area contributed by atoms with Crippen molar-refractivity contribution in [1.82, 2.24) is 0 Å². The highest BCUT2D eigenvalue weighted by molar-refractivity contribution is 5.78. The van der Waals surface area contributed by atoms with Gasteiger partial charge in [-0.3, -0.25) is 4.79 Å². The van der Waals surface area contributed by atoms with Crippen LogP contribution in [0.4, 0.5) is 0 Å². The van der Waals surface area contributed by atoms with Gasteiger partial charge in [0.15, 0.2) is 11.7 Å². The molecule has 0 spiro atoms. The molecule has 0 fully saturated rings. The minimum absolute atomic E-state index is 0.171. The number of carbonyl (C=O) groups is 2. The fourth-order valence-corrected chi connectivity index (χ4v) is 0.841. The van der Waals surface area contributed by atoms with Crippen LogP contribution in [0.5, 0.6) is 0 Å². The summed E-state index contributed by atoms with van der Waals surface area (Å²) in [4.78, 5) is 22.0. The molecule has 0 bridgehead atoms. The van der Waals surface area contributed by atoms with E-state index in [2.05, 4.69) is 0 Å². The van der Waals surface area contributed by atoms with E-state index in [4.69, 9.17) is 14.2 Å². The molecule has 0 aromatic carbocycles. The van der Waals surface area contributed by atoms with Gasteiger partial charge in [-0.15, -0.1) is 0 Å². The Labute approximate surface area is 96.1 Å². The molecule has 5 heteroatoms. The summed E-state index contributed by atoms with van der Waals surface area (Å²) >= 11 is 0. The molecule has 0 N–H and O–H groups in total. The first kappa shape index (κ1) is 14.9. The number of rotatable bonds is 6. The molecule has 16 heavy (non-hydrogen) atoms. The fraction of sp³-hybridized carbons (Fsp3) is 0.727. The van der Waals surface area contributed by atoms with Gasteiger partial charge in [0.05, 0.1) is 6.61 Å². The second-order valence-corrected chi connectivity index (χ2v) is 3.90. The third kappa shape index (κ3) is 5.70. The van der Waals surface area contributed by atoms with Crippen molar-refractivity contribution in [3.05, 3.63) is 6.10 Å². The molecule has 0 heterocycles. The molecule has 0 amide bonds. The largest absolute Gasteiger partial charge is 0.463 e. The Hall–Kier alpha value is -1.10. The van der Waals surface area contributed by atoms with Crippen LogP contribution in [0.15, 0.2) is 0 Å². The zero-order chi connectivity index (χ0) is 12.8. The molecular formula is C11H19O5. The van der Waals surface area contributed by atoms with E-state index in [1.54, 1.807) is 20.8 Å². The maximum atomic E-state index is 11.4. The number of ether oxygens (including phenoxy) is 3. The van der Waals surface area contributed by atoms with Gasteiger partial charge in [-0.1, -0.05) is 0 Å². The van der Waals surface area contributed by atoms with Crippen LogP contribution in [-0.4, -0.2) is 31.3 Å². The standard InChI is InChI=1S/C11H19O5/c1-8(16-9(2)12)6-7-15-10(13)11(3,4)14-5/h6-7H2,1-5H3. The summed E-state index contributed by atoms with van der Waals surface area (Å²) in [5, 5.41) is 0. The predicted octanol–water partition coefficient (Wildman–Crippen LogP) is 1.46. The molecule has 0 atom stereocenters. The lowest BCUT2D eigenvalue weighted by Gasteiger charge is -2.20. The van der Waals surface area contributed by atoms with Gasteiger partial charge in [-0.25, -0.2) is 4.79 Å². The topological polar surface area (TPSA) is 61.8 Å². The summed E-state index contributed by atoms with van der Waals surface area (Å²) in [5.41, 5.74) is -0.949. The Balaban J connectivity index is 3.82. The normalized spacial score (nSPS) is 11.4. The smallest absolute Gasteiger partial charge is 0.337 e. The first-order chi connectivity index (χ1) is 7.29. The van der Waals surface area contributed by atoms with Crippen LogP contribution in [0.3, 0.4) is 0 Å². The first-order valence-corrected chi connectivity index (χ1v) is 5.03. The van der Waals surface area contributed by atoms with Crippen molar-refractivity contribution in [1.29, 1.82) is 0 Å². The number of esters is 2. The summed E-state index contributed by atoms with van der Waals surface area (Å²) in [6.07, 6.45) is 0.918. The van der Waals surface area contributed by atoms with E-state index in [-0.39, 0.29) is 12.6 Å². The molecule has 0 unspecified atom stereocenters. The van der Waals surface area contributed by atoms with Gasteiger partial charge in [0.2, 0.25) is 0 Å². The maximum absolute atomic E-state index is 11.4. The van der Waals surface area contributed by atoms with Crippen LogP contribution in [0.1, 0.15) is 34.1 Å². The van der Waals surface area contributed by atoms with Gasteiger partial charge >= 0.3 is 11.9 Å². The van der Waals surface area contributed by atoms with Gasteiger partial charge < -0.3 is 14.2 Å². The molecule has 0 aromatic heterocycles. The summed E-state index contributed by atoms with van der Waals surface area (Å²) in [5.74, 6) is -0.813. The van der Waals surface area contributed by atoms with Crippen LogP contribution >= 0.6 is 0 Å². The summed E-state index contributed by atoms with van der Waals surface area (Å²) in [6, 6.07) is 0. The third-order valence-electron chi connectivity index (χ3n) is 2.01. The average Bonchev–Trinajstić information content (AvgIpc) is 2.16. The Kier molecular flexibility index (Phi) is 6.03. The van der Waals surface area contributed by atoms with Crippen molar-refractivity contribution < 1.29 is 23.8 Å². The van der Waals surface area contributed by atoms with Gasteiger partial charge in [-0.05, 0) is 20.8 Å². The highest BCUT2D eigenvalue weighted by Crippen LogP contribution is 2.12. The van der Waals surface area contributed by atoms with Crippen molar-refractivity contribution in [2.45, 2.75) is 39.7 Å². The Bertz CT molecular complexity index is 247. The van der Waals surface area contributed by atoms with Gasteiger partial charge in [-0.2, -0.15) is 0 Å². The third-order valence-corrected chi connectivity index (χ3v) is 2.01. The molecule has 0 rings (SSSR count). The predicted molar refractivity (Wildman–Crippen MR) is 57.3 cm³/mol. The Morgan fingerprint density at radius 1 is 1.19 bits per heavy atom. The molecule has 0 aliphatic heterocycles. The van der Waals surface area contributed by atoms with Gasteiger partial charge in [0.25, 0.3) is 0 Å². The maximum Gasteiger partial charge on any atom is 0.337 e. The van der Waals surface area contributed by atoms with Gasteiger partial charge in [0.1, 0.15) is 0 Å². The molecule has 0 aliphatic carbocycles. The average molecular weight is 231 g/mol. The van der Waals surface area contributed by atoms with Crippen LogP contribution in [0.2, 0.25) is 0 Å². The van der Waals surface area contributed by atoms with E-state index in [1.165, 1.54) is 14.0 Å². The van der Waals surface area contributed by atoms with E-state index < -0.39 is 11.6 Å². The summed E-state index contributed by atoms with van der Waals surface area (Å²) in [7, 11) is 1.44. The minimum atomic E-state index is -0.949. The lowest BCUT2D eigenvalue weighted by atomic mass is 10.1. The molecular weight excluding hydrogens is 212 g/mol. The number of hydrogen-bond donors (Lipinski definition) is 0. The first-order valence-electron chi connectivity index (χ1n) is 5.03. The summed E-state index contributed by atoms with van der Waals surface area (Å²) < 4.78 is 14.7. The Morgan fingerprint density at radius 3 is 2.19 bits per heavy atom. The quantitative estimate of drug-likeness (QED) is 0.647. The van der Waals surface area contributed by atoms with Crippen LogP contribution in [0, 0.1) is 6.10 Å². The zero-order valence-corrected chi connectivity index (χ0v) is 10.5. The van der Waals surface area contributed by atoms with E-state index in [1.807, 2.05) is 0 Å². The van der Waals surface area contributed by atoms with Crippen LogP contribution in [-0.2, 0) is 23.8 Å². The lowest BCUT2D eigenvalue weighted by Crippen LogP contribution is -2.35. The molecule has 0 aromatic rings. The molecule has 0 saturated carbocycles. The van der Waals surface area contributed by atoms with E-state index >= 15 is 0 Å². The zero-order valence-electron chi connectivity index (χ0n) is 10.5. The van der Waals surface area contributed by atoms with Crippen molar-refractivity contribution >= 4 is 11.9 Å². The van der Waals surface area contributed by atoms with E-state index in [0.29, 0.717) is 12.5 Å². The van der Waals surface area contributed by atoms with Crippen molar-refractivity contribution in [2.24, 2.45) is 0 Å². The van der Waals surface area contributed by atoms with Crippen LogP contribution < -0.4 is 0 Å². The molecule has 0 saturated heterocycles. The molecule has 1 radical (unpaired) electrons. The highest BCUT2D eigenvalue weighted by atomic mass is 16.6. The molecule has 5 nitrogen and oxygen atoms in total. The highest BCUT2D eigenvalue weighted by Gasteiger charge is 2.28. The number of methoxy groups -OCH3 is 1. The minimum Gasteiger partial charge on any atom is -0.463 e. The van der Waals surface area contributed by atoms with Crippen molar-refractivity contribution in [3.63, 3.8) is 0 Å². The van der Waals surface area contributed by atoms with E-state index in [9.17, 15) is 9.59 Å². The van der Waals surface area contributed by atoms with E-state index in [0.717, 1.165) is 0 Å². The monoisotopic (exact) mass is 231 g/mol. The number of carbonyl (C=O) groups excluding carboxylic acids is 2. The molecule has 93 valence electrons. The number of hydrogen-bond acceptors (Lipinski definition) is 5. The van der Waals surface area contributed by atoms with Crippen molar-refractivity contribution in [3.8, 4) is 0 Å². The summed E-state index contributed by atoms with van der Waals surface area (Å²) in [6.45, 7) is 6.40. The van der Waals surface area contributed by atoms with Gasteiger partial charge in [0, 0.05) is 20.5 Å². The lowest BCUT2D eigenvalue weighted by molar-refractivity contribution is -0.165.